The van der Waals surface area contributed by atoms with Gasteiger partial charge in [-0.25, -0.2) is 0 Å². The van der Waals surface area contributed by atoms with Crippen LogP contribution in [0.25, 0.3) is 0 Å². The zero-order valence-corrected chi connectivity index (χ0v) is 19.8. The van der Waals surface area contributed by atoms with Gasteiger partial charge in [-0.2, -0.15) is 13.2 Å². The Hall–Kier alpha value is -2.36. The number of unbranched alkanes of at least 4 members (excludes halogenated alkanes) is 1. The summed E-state index contributed by atoms with van der Waals surface area (Å²) in [5.74, 6) is 0.688. The van der Waals surface area contributed by atoms with E-state index in [1.807, 2.05) is 13.0 Å². The number of hydrogen-bond donors (Lipinski definition) is 3. The molecule has 2 unspecified atom stereocenters. The highest BCUT2D eigenvalue weighted by Gasteiger charge is 2.29. The van der Waals surface area contributed by atoms with Gasteiger partial charge in [0.25, 0.3) is 0 Å². The SMILES string of the molecule is C=CN=CC(CC(O)O)NCCCCOC(/C=C/N(C)C(C)/C=C\C(=C)C(F)(F)F)=C/CC. The lowest BCUT2D eigenvalue weighted by Crippen LogP contribution is -2.34. The molecule has 0 aliphatic rings. The molecule has 33 heavy (non-hydrogen) atoms. The fourth-order valence-corrected chi connectivity index (χ4v) is 2.48. The number of allylic oxidation sites excluding steroid dienone is 4. The normalized spacial score (nSPS) is 15.0. The summed E-state index contributed by atoms with van der Waals surface area (Å²) >= 11 is 0. The van der Waals surface area contributed by atoms with E-state index < -0.39 is 18.0 Å². The minimum absolute atomic E-state index is 0.132. The van der Waals surface area contributed by atoms with Gasteiger partial charge in [0.05, 0.1) is 6.61 Å². The lowest BCUT2D eigenvalue weighted by atomic mass is 10.2. The summed E-state index contributed by atoms with van der Waals surface area (Å²) in [4.78, 5) is 5.69. The second-order valence-corrected chi connectivity index (χ2v) is 7.43. The Morgan fingerprint density at radius 2 is 1.94 bits per heavy atom. The van der Waals surface area contributed by atoms with Gasteiger partial charge < -0.3 is 25.2 Å². The average molecular weight is 474 g/mol. The molecule has 0 spiro atoms. The van der Waals surface area contributed by atoms with Crippen LogP contribution in [0.2, 0.25) is 0 Å². The van der Waals surface area contributed by atoms with Crippen molar-refractivity contribution in [3.63, 3.8) is 0 Å². The zero-order chi connectivity index (χ0) is 25.3. The first-order chi connectivity index (χ1) is 15.5. The van der Waals surface area contributed by atoms with Gasteiger partial charge in [-0.1, -0.05) is 32.2 Å². The maximum Gasteiger partial charge on any atom is 0.415 e. The molecular formula is C24H38F3N3O3. The summed E-state index contributed by atoms with van der Waals surface area (Å²) in [7, 11) is 1.77. The number of aliphatic hydroxyl groups excluding tert-OH is 1. The van der Waals surface area contributed by atoms with Crippen LogP contribution in [0.1, 0.15) is 39.5 Å². The summed E-state index contributed by atoms with van der Waals surface area (Å²) < 4.78 is 43.4. The van der Waals surface area contributed by atoms with E-state index in [4.69, 9.17) is 14.9 Å². The lowest BCUT2D eigenvalue weighted by molar-refractivity contribution is -0.0878. The molecule has 0 heterocycles. The highest BCUT2D eigenvalue weighted by atomic mass is 19.4. The molecule has 0 saturated heterocycles. The van der Waals surface area contributed by atoms with Crippen molar-refractivity contribution < 1.29 is 28.1 Å². The van der Waals surface area contributed by atoms with Crippen molar-refractivity contribution in [3.05, 3.63) is 61.2 Å². The minimum Gasteiger partial charge on any atom is -0.494 e. The van der Waals surface area contributed by atoms with Gasteiger partial charge in [0.2, 0.25) is 0 Å². The monoisotopic (exact) mass is 473 g/mol. The van der Waals surface area contributed by atoms with Gasteiger partial charge in [0.1, 0.15) is 5.76 Å². The summed E-state index contributed by atoms with van der Waals surface area (Å²) in [6.07, 6.45) is 7.53. The lowest BCUT2D eigenvalue weighted by Gasteiger charge is -2.20. The number of aliphatic hydroxyl groups is 2. The predicted molar refractivity (Wildman–Crippen MR) is 128 cm³/mol. The van der Waals surface area contributed by atoms with Crippen LogP contribution in [0.15, 0.2) is 66.2 Å². The van der Waals surface area contributed by atoms with Gasteiger partial charge in [0.15, 0.2) is 6.29 Å². The van der Waals surface area contributed by atoms with Crippen LogP contribution in [-0.2, 0) is 4.74 Å². The topological polar surface area (TPSA) is 77.3 Å². The van der Waals surface area contributed by atoms with E-state index in [2.05, 4.69) is 23.5 Å². The Morgan fingerprint density at radius 3 is 2.52 bits per heavy atom. The third kappa shape index (κ3) is 16.0. The molecule has 2 atom stereocenters. The molecule has 0 aromatic carbocycles. The number of hydrogen-bond acceptors (Lipinski definition) is 6. The van der Waals surface area contributed by atoms with E-state index in [1.165, 1.54) is 12.3 Å². The van der Waals surface area contributed by atoms with Crippen molar-refractivity contribution in [1.29, 1.82) is 0 Å². The van der Waals surface area contributed by atoms with Crippen LogP contribution < -0.4 is 5.32 Å². The van der Waals surface area contributed by atoms with Crippen molar-refractivity contribution in [2.24, 2.45) is 4.99 Å². The molecule has 3 N–H and O–H groups in total. The first-order valence-electron chi connectivity index (χ1n) is 10.9. The second kappa shape index (κ2) is 17.2. The quantitative estimate of drug-likeness (QED) is 0.0956. The van der Waals surface area contributed by atoms with Gasteiger partial charge in [-0.05, 0) is 44.9 Å². The molecular weight excluding hydrogens is 435 g/mol. The Morgan fingerprint density at radius 1 is 1.24 bits per heavy atom. The highest BCUT2D eigenvalue weighted by Crippen LogP contribution is 2.25. The van der Waals surface area contributed by atoms with Gasteiger partial charge >= 0.3 is 6.18 Å². The molecule has 0 amide bonds. The van der Waals surface area contributed by atoms with E-state index in [0.29, 0.717) is 18.9 Å². The Balaban J connectivity index is 4.50. The largest absolute Gasteiger partial charge is 0.494 e. The first kappa shape index (κ1) is 30.6. The molecule has 0 aromatic heterocycles. The van der Waals surface area contributed by atoms with E-state index in [0.717, 1.165) is 25.3 Å². The molecule has 0 aromatic rings. The molecule has 0 fully saturated rings. The molecule has 0 bridgehead atoms. The predicted octanol–water partition coefficient (Wildman–Crippen LogP) is 4.46. The van der Waals surface area contributed by atoms with Crippen molar-refractivity contribution in [1.82, 2.24) is 10.2 Å². The van der Waals surface area contributed by atoms with Crippen molar-refractivity contribution in [2.45, 2.75) is 64.1 Å². The summed E-state index contributed by atoms with van der Waals surface area (Å²) in [5, 5.41) is 21.4. The summed E-state index contributed by atoms with van der Waals surface area (Å²) in [6.45, 7) is 11.4. The average Bonchev–Trinajstić information content (AvgIpc) is 2.74. The van der Waals surface area contributed by atoms with Crippen molar-refractivity contribution in [3.8, 4) is 0 Å². The van der Waals surface area contributed by atoms with E-state index in [9.17, 15) is 13.2 Å². The maximum absolute atomic E-state index is 12.5. The molecule has 0 rings (SSSR count). The number of rotatable bonds is 17. The molecule has 0 saturated carbocycles. The van der Waals surface area contributed by atoms with Crippen LogP contribution in [0, 0.1) is 0 Å². The van der Waals surface area contributed by atoms with Crippen molar-refractivity contribution in [2.75, 3.05) is 20.2 Å². The van der Waals surface area contributed by atoms with E-state index in [1.54, 1.807) is 37.4 Å². The number of nitrogens with one attached hydrogen (secondary N) is 1. The van der Waals surface area contributed by atoms with Gasteiger partial charge in [0, 0.05) is 49.7 Å². The number of alkyl halides is 3. The number of aliphatic imine (C=N–C) groups is 1. The first-order valence-corrected chi connectivity index (χ1v) is 10.9. The third-order valence-corrected chi connectivity index (χ3v) is 4.54. The van der Waals surface area contributed by atoms with Crippen LogP contribution in [-0.4, -0.2) is 66.1 Å². The van der Waals surface area contributed by atoms with Gasteiger partial charge in [-0.3, -0.25) is 4.99 Å². The summed E-state index contributed by atoms with van der Waals surface area (Å²) in [6, 6.07) is -0.522. The zero-order valence-electron chi connectivity index (χ0n) is 19.8. The molecule has 0 aliphatic heterocycles. The third-order valence-electron chi connectivity index (χ3n) is 4.54. The molecule has 188 valence electrons. The number of likely N-dealkylation sites (N-methyl/N-ethyl adjacent to an activating group) is 1. The maximum atomic E-state index is 12.5. The fourth-order valence-electron chi connectivity index (χ4n) is 2.48. The smallest absolute Gasteiger partial charge is 0.415 e. The Bertz CT molecular complexity index is 686. The summed E-state index contributed by atoms with van der Waals surface area (Å²) in [5.41, 5.74) is -0.886. The van der Waals surface area contributed by atoms with Gasteiger partial charge in [-0.15, -0.1) is 0 Å². The Labute approximate surface area is 195 Å². The fraction of sp³-hybridized carbons (Fsp3) is 0.542. The molecule has 6 nitrogen and oxygen atoms in total. The van der Waals surface area contributed by atoms with Crippen LogP contribution in [0.5, 0.6) is 0 Å². The van der Waals surface area contributed by atoms with Crippen LogP contribution in [0.4, 0.5) is 13.2 Å². The molecule has 0 radical (unpaired) electrons. The molecule has 0 aliphatic carbocycles. The Kier molecular flexibility index (Phi) is 15.9. The minimum atomic E-state index is -4.43. The number of nitrogens with zero attached hydrogens (tertiary/aromatic N) is 2. The second-order valence-electron chi connectivity index (χ2n) is 7.43. The highest BCUT2D eigenvalue weighted by molar-refractivity contribution is 5.65. The standard InChI is InChI=1S/C24H38F3N3O3/c1-6-10-22(13-15-30(5)20(4)12-11-19(3)24(25,26)27)33-16-9-8-14-29-21(17-23(31)32)18-28-7-2/h7,10-13,15,18,20-21,23,29,31-32H,2-3,6,8-9,14,16-17H2,1,4-5H3/b12-11-,15-13+,22-10+,28-18?. The van der Waals surface area contributed by atoms with E-state index in [-0.39, 0.29) is 18.5 Å². The number of ether oxygens (including phenoxy) is 1. The van der Waals surface area contributed by atoms with Crippen LogP contribution in [0.3, 0.4) is 0 Å². The van der Waals surface area contributed by atoms with E-state index >= 15 is 0 Å². The number of halogens is 3. The molecule has 9 heteroatoms. The van der Waals surface area contributed by atoms with Crippen LogP contribution >= 0.6 is 0 Å². The van der Waals surface area contributed by atoms with Crippen molar-refractivity contribution >= 4 is 6.21 Å².